The molecule has 4 nitrogen and oxygen atoms in total. The summed E-state index contributed by atoms with van der Waals surface area (Å²) in [5.41, 5.74) is 0.0107. The molecule has 0 aliphatic carbocycles. The lowest BCUT2D eigenvalue weighted by molar-refractivity contribution is -0.133. The largest absolute Gasteiger partial charge is 0.478 e. The average Bonchev–Trinajstić information content (AvgIpc) is 2.00. The van der Waals surface area contributed by atoms with Crippen LogP contribution in [0.25, 0.3) is 0 Å². The minimum Gasteiger partial charge on any atom is -0.478 e. The second-order valence-corrected chi connectivity index (χ2v) is 2.17. The van der Waals surface area contributed by atoms with Gasteiger partial charge in [-0.05, 0) is 6.92 Å². The van der Waals surface area contributed by atoms with Crippen molar-refractivity contribution >= 4 is 11.9 Å². The van der Waals surface area contributed by atoms with E-state index in [0.29, 0.717) is 6.54 Å². The van der Waals surface area contributed by atoms with Gasteiger partial charge in [0.25, 0.3) is 0 Å². The van der Waals surface area contributed by atoms with Crippen molar-refractivity contribution in [3.8, 4) is 0 Å². The summed E-state index contributed by atoms with van der Waals surface area (Å²) in [6.07, 6.45) is 2.55. The van der Waals surface area contributed by atoms with Crippen LogP contribution in [0.4, 0.5) is 0 Å². The number of nitrogens with one attached hydrogen (secondary N) is 1. The third-order valence-electron chi connectivity index (χ3n) is 1.11. The molecule has 2 N–H and O–H groups in total. The van der Waals surface area contributed by atoms with Gasteiger partial charge in [-0.15, -0.1) is 6.58 Å². The molecule has 4 heteroatoms. The van der Waals surface area contributed by atoms with Gasteiger partial charge < -0.3 is 10.4 Å². The van der Waals surface area contributed by atoms with E-state index in [0.717, 1.165) is 6.08 Å². The summed E-state index contributed by atoms with van der Waals surface area (Å²) in [4.78, 5) is 21.1. The van der Waals surface area contributed by atoms with E-state index in [1.165, 1.54) is 13.0 Å². The van der Waals surface area contributed by atoms with E-state index in [1.54, 1.807) is 0 Å². The van der Waals surface area contributed by atoms with E-state index < -0.39 is 11.9 Å². The molecule has 0 heterocycles. The van der Waals surface area contributed by atoms with Crippen LogP contribution in [-0.4, -0.2) is 23.5 Å². The third kappa shape index (κ3) is 4.27. The number of rotatable bonds is 4. The molecular weight excluding hydrogens is 158 g/mol. The highest BCUT2D eigenvalue weighted by Crippen LogP contribution is 1.90. The van der Waals surface area contributed by atoms with Crippen molar-refractivity contribution < 1.29 is 14.7 Å². The molecule has 0 spiro atoms. The number of hydrogen-bond acceptors (Lipinski definition) is 2. The fraction of sp³-hybridized carbons (Fsp3) is 0.250. The van der Waals surface area contributed by atoms with Gasteiger partial charge in [0.15, 0.2) is 0 Å². The van der Waals surface area contributed by atoms with Crippen molar-refractivity contribution in [3.05, 3.63) is 24.3 Å². The first-order chi connectivity index (χ1) is 5.57. The van der Waals surface area contributed by atoms with Gasteiger partial charge in [0.2, 0.25) is 5.91 Å². The molecular formula is C8H11NO3. The van der Waals surface area contributed by atoms with Crippen LogP contribution in [0.2, 0.25) is 0 Å². The van der Waals surface area contributed by atoms with Crippen molar-refractivity contribution in [1.29, 1.82) is 0 Å². The van der Waals surface area contributed by atoms with E-state index in [2.05, 4.69) is 11.9 Å². The fourth-order valence-corrected chi connectivity index (χ4v) is 0.482. The number of carboxylic acids is 1. The van der Waals surface area contributed by atoms with Gasteiger partial charge in [-0.25, -0.2) is 4.79 Å². The molecule has 0 unspecified atom stereocenters. The Labute approximate surface area is 70.6 Å². The minimum atomic E-state index is -1.09. The summed E-state index contributed by atoms with van der Waals surface area (Å²) in [5.74, 6) is -1.52. The van der Waals surface area contributed by atoms with Crippen LogP contribution in [0, 0.1) is 0 Å². The van der Waals surface area contributed by atoms with Crippen LogP contribution in [0.5, 0.6) is 0 Å². The average molecular weight is 169 g/mol. The second kappa shape index (κ2) is 5.12. The molecule has 0 fully saturated rings. The molecule has 0 saturated heterocycles. The molecule has 0 aromatic heterocycles. The molecule has 12 heavy (non-hydrogen) atoms. The number of hydrogen-bond donors (Lipinski definition) is 2. The quantitative estimate of drug-likeness (QED) is 0.470. The van der Waals surface area contributed by atoms with Crippen molar-refractivity contribution in [2.45, 2.75) is 6.92 Å². The lowest BCUT2D eigenvalue weighted by Gasteiger charge is -1.96. The Bertz CT molecular complexity index is 230. The monoisotopic (exact) mass is 169 g/mol. The maximum Gasteiger partial charge on any atom is 0.331 e. The first kappa shape index (κ1) is 10.4. The van der Waals surface area contributed by atoms with E-state index in [-0.39, 0.29) is 5.57 Å². The zero-order chi connectivity index (χ0) is 9.56. The van der Waals surface area contributed by atoms with E-state index >= 15 is 0 Å². The summed E-state index contributed by atoms with van der Waals surface area (Å²) in [6.45, 7) is 5.09. The normalized spacial score (nSPS) is 10.6. The molecule has 0 aliphatic rings. The Kier molecular flexibility index (Phi) is 4.45. The molecule has 0 bridgehead atoms. The Hall–Kier alpha value is -1.58. The molecule has 0 aliphatic heterocycles. The minimum absolute atomic E-state index is 0.0107. The van der Waals surface area contributed by atoms with Crippen molar-refractivity contribution in [2.24, 2.45) is 0 Å². The highest BCUT2D eigenvalue weighted by molar-refractivity contribution is 5.97. The zero-order valence-electron chi connectivity index (χ0n) is 6.83. The Morgan fingerprint density at radius 3 is 2.58 bits per heavy atom. The molecule has 0 radical (unpaired) electrons. The zero-order valence-corrected chi connectivity index (χ0v) is 6.83. The fourth-order valence-electron chi connectivity index (χ4n) is 0.482. The van der Waals surface area contributed by atoms with Crippen LogP contribution >= 0.6 is 0 Å². The van der Waals surface area contributed by atoms with Crippen LogP contribution in [-0.2, 0) is 9.59 Å². The Morgan fingerprint density at radius 2 is 2.17 bits per heavy atom. The van der Waals surface area contributed by atoms with Crippen molar-refractivity contribution in [1.82, 2.24) is 5.32 Å². The maximum absolute atomic E-state index is 10.8. The van der Waals surface area contributed by atoms with E-state index in [9.17, 15) is 9.59 Å². The SMILES string of the molecule is C=CCNC(=O)/C=C(/C)C(=O)O. The van der Waals surface area contributed by atoms with Crippen LogP contribution in [0.3, 0.4) is 0 Å². The lowest BCUT2D eigenvalue weighted by atomic mass is 10.3. The number of aliphatic carboxylic acids is 1. The predicted octanol–water partition coefficient (Wildman–Crippen LogP) is 0.319. The van der Waals surface area contributed by atoms with Crippen LogP contribution < -0.4 is 5.32 Å². The first-order valence-corrected chi connectivity index (χ1v) is 3.38. The summed E-state index contributed by atoms with van der Waals surface area (Å²) >= 11 is 0. The van der Waals surface area contributed by atoms with Crippen molar-refractivity contribution in [2.75, 3.05) is 6.54 Å². The second-order valence-electron chi connectivity index (χ2n) is 2.17. The molecule has 66 valence electrons. The lowest BCUT2D eigenvalue weighted by Crippen LogP contribution is -2.21. The number of carboxylic acid groups (broad SMARTS) is 1. The smallest absolute Gasteiger partial charge is 0.331 e. The molecule has 0 saturated carbocycles. The van der Waals surface area contributed by atoms with Gasteiger partial charge in [-0.2, -0.15) is 0 Å². The van der Waals surface area contributed by atoms with E-state index in [4.69, 9.17) is 5.11 Å². The number of carbonyl (C=O) groups excluding carboxylic acids is 1. The third-order valence-corrected chi connectivity index (χ3v) is 1.11. The summed E-state index contributed by atoms with van der Waals surface area (Å²) in [7, 11) is 0. The standard InChI is InChI=1S/C8H11NO3/c1-3-4-9-7(10)5-6(2)8(11)12/h3,5H,1,4H2,2H3,(H,9,10)(H,11,12)/b6-5-. The first-order valence-electron chi connectivity index (χ1n) is 3.38. The highest BCUT2D eigenvalue weighted by Gasteiger charge is 2.02. The van der Waals surface area contributed by atoms with Gasteiger partial charge in [0, 0.05) is 18.2 Å². The Balaban J connectivity index is 4.05. The summed E-state index contributed by atoms with van der Waals surface area (Å²) < 4.78 is 0. The molecule has 0 rings (SSSR count). The predicted molar refractivity (Wildman–Crippen MR) is 44.6 cm³/mol. The number of amides is 1. The van der Waals surface area contributed by atoms with Gasteiger partial charge in [-0.1, -0.05) is 6.08 Å². The summed E-state index contributed by atoms with van der Waals surface area (Å²) in [5, 5.41) is 10.8. The number of carbonyl (C=O) groups is 2. The molecule has 0 aromatic carbocycles. The van der Waals surface area contributed by atoms with E-state index in [1.807, 2.05) is 0 Å². The van der Waals surface area contributed by atoms with Gasteiger partial charge in [0.05, 0.1) is 0 Å². The maximum atomic E-state index is 10.8. The summed E-state index contributed by atoms with van der Waals surface area (Å²) in [6, 6.07) is 0. The highest BCUT2D eigenvalue weighted by atomic mass is 16.4. The van der Waals surface area contributed by atoms with Gasteiger partial charge in [-0.3, -0.25) is 4.79 Å². The molecule has 0 aromatic rings. The topological polar surface area (TPSA) is 66.4 Å². The van der Waals surface area contributed by atoms with Gasteiger partial charge in [0.1, 0.15) is 0 Å². The Morgan fingerprint density at radius 1 is 1.58 bits per heavy atom. The molecule has 1 amide bonds. The van der Waals surface area contributed by atoms with Crippen LogP contribution in [0.15, 0.2) is 24.3 Å². The molecule has 0 atom stereocenters. The van der Waals surface area contributed by atoms with Gasteiger partial charge >= 0.3 is 5.97 Å². The van der Waals surface area contributed by atoms with Crippen molar-refractivity contribution in [3.63, 3.8) is 0 Å². The van der Waals surface area contributed by atoms with Crippen LogP contribution in [0.1, 0.15) is 6.92 Å².